The first kappa shape index (κ1) is 10.5. The van der Waals surface area contributed by atoms with Crippen molar-refractivity contribution < 1.29 is 9.53 Å². The molecule has 1 aromatic rings. The molecule has 0 saturated carbocycles. The van der Waals surface area contributed by atoms with Crippen molar-refractivity contribution in [2.24, 2.45) is 0 Å². The van der Waals surface area contributed by atoms with Crippen LogP contribution >= 0.6 is 0 Å². The van der Waals surface area contributed by atoms with Gasteiger partial charge in [0, 0.05) is 0 Å². The van der Waals surface area contributed by atoms with Gasteiger partial charge in [0.1, 0.15) is 0 Å². The Bertz CT molecular complexity index is 432. The molecule has 2 rings (SSSR count). The Morgan fingerprint density at radius 3 is 2.67 bits per heavy atom. The fourth-order valence-electron chi connectivity index (χ4n) is 1.41. The van der Waals surface area contributed by atoms with Crippen LogP contribution in [-0.2, 0) is 9.53 Å². The molecule has 0 saturated heterocycles. The number of esters is 1. The molecule has 0 amide bonds. The van der Waals surface area contributed by atoms with Gasteiger partial charge in [0.15, 0.2) is 0 Å². The quantitative estimate of drug-likeness (QED) is 0.615. The third-order valence-corrected chi connectivity index (χ3v) is 5.61. The summed E-state index contributed by atoms with van der Waals surface area (Å²) >= 11 is -0.721. The van der Waals surface area contributed by atoms with E-state index in [1.165, 1.54) is 16.3 Å². The van der Waals surface area contributed by atoms with Crippen molar-refractivity contribution in [3.05, 3.63) is 51.6 Å². The van der Waals surface area contributed by atoms with Crippen molar-refractivity contribution in [3.8, 4) is 0 Å². The van der Waals surface area contributed by atoms with Crippen LogP contribution < -0.4 is 0 Å². The summed E-state index contributed by atoms with van der Waals surface area (Å²) in [6.07, 6.45) is 1.97. The van der Waals surface area contributed by atoms with Crippen molar-refractivity contribution in [1.82, 2.24) is 0 Å². The molecule has 0 aliphatic carbocycles. The number of carbonyl (C=O) groups is 1. The van der Waals surface area contributed by atoms with E-state index >= 15 is 0 Å². The number of hydrogen-bond acceptors (Lipinski definition) is 2. The predicted octanol–water partition coefficient (Wildman–Crippen LogP) is 1.80. The first-order valence-electron chi connectivity index (χ1n) is 4.63. The van der Waals surface area contributed by atoms with Gasteiger partial charge < -0.3 is 0 Å². The van der Waals surface area contributed by atoms with Crippen molar-refractivity contribution >= 4 is 30.7 Å². The van der Waals surface area contributed by atoms with E-state index in [0.717, 1.165) is 5.57 Å². The zero-order valence-corrected chi connectivity index (χ0v) is 11.2. The number of benzene rings is 1. The molecule has 0 aromatic heterocycles. The van der Waals surface area contributed by atoms with Crippen LogP contribution in [0.25, 0.3) is 3.59 Å². The van der Waals surface area contributed by atoms with Gasteiger partial charge in [-0.25, -0.2) is 0 Å². The molecular weight excluding hydrogens is 295 g/mol. The molecule has 2 radical (unpaired) electrons. The van der Waals surface area contributed by atoms with Crippen molar-refractivity contribution in [2.75, 3.05) is 7.11 Å². The van der Waals surface area contributed by atoms with Gasteiger partial charge >= 0.3 is 99.0 Å². The van der Waals surface area contributed by atoms with Crippen molar-refractivity contribution in [2.45, 2.75) is 0 Å². The average Bonchev–Trinajstić information content (AvgIpc) is 2.78. The monoisotopic (exact) mass is 306 g/mol. The molecule has 0 spiro atoms. The van der Waals surface area contributed by atoms with Crippen LogP contribution in [0.1, 0.15) is 5.56 Å². The Labute approximate surface area is 98.9 Å². The fourth-order valence-corrected chi connectivity index (χ4v) is 4.51. The summed E-state index contributed by atoms with van der Waals surface area (Å²) in [6, 6.07) is 10.2. The Balaban J connectivity index is 2.21. The summed E-state index contributed by atoms with van der Waals surface area (Å²) in [7, 11) is 1.42. The minimum absolute atomic E-state index is 0.221. The number of ether oxygens (including phenoxy) is 1. The normalized spacial score (nSPS) is 14.5. The maximum atomic E-state index is 11.3. The van der Waals surface area contributed by atoms with Crippen LogP contribution in [0.2, 0.25) is 0 Å². The molecule has 3 heteroatoms. The van der Waals surface area contributed by atoms with E-state index < -0.39 is 21.1 Å². The van der Waals surface area contributed by atoms with Crippen LogP contribution in [0.5, 0.6) is 0 Å². The number of rotatable bonds is 2. The average molecular weight is 305 g/mol. The molecule has 1 aliphatic heterocycles. The van der Waals surface area contributed by atoms with Gasteiger partial charge in [0.25, 0.3) is 0 Å². The molecular formula is C12H10O2Sn. The third-order valence-electron chi connectivity index (χ3n) is 2.19. The second kappa shape index (κ2) is 4.66. The summed E-state index contributed by atoms with van der Waals surface area (Å²) in [5, 5.41) is 0. The molecule has 1 heterocycles. The van der Waals surface area contributed by atoms with Gasteiger partial charge in [0.2, 0.25) is 0 Å². The fraction of sp³-hybridized carbons (Fsp3) is 0.0833. The zero-order valence-electron chi connectivity index (χ0n) is 8.36. The van der Waals surface area contributed by atoms with E-state index in [9.17, 15) is 4.79 Å². The number of hydrogen-bond donors (Lipinski definition) is 0. The first-order valence-corrected chi connectivity index (χ1v) is 7.71. The summed E-state index contributed by atoms with van der Waals surface area (Å²) in [5.41, 5.74) is 1.96. The SMILES string of the molecule is COC(=O)C1=[CH][Sn][C](c2ccccc2)=C1. The second-order valence-electron chi connectivity index (χ2n) is 3.16. The second-order valence-corrected chi connectivity index (χ2v) is 6.34. The Morgan fingerprint density at radius 1 is 1.27 bits per heavy atom. The topological polar surface area (TPSA) is 26.3 Å². The van der Waals surface area contributed by atoms with Gasteiger partial charge in [-0.2, -0.15) is 0 Å². The van der Waals surface area contributed by atoms with E-state index in [2.05, 4.69) is 16.2 Å². The van der Waals surface area contributed by atoms with Gasteiger partial charge in [-0.1, -0.05) is 0 Å². The summed E-state index contributed by atoms with van der Waals surface area (Å²) in [5.74, 6) is -0.221. The van der Waals surface area contributed by atoms with Crippen LogP contribution in [0.3, 0.4) is 0 Å². The van der Waals surface area contributed by atoms with E-state index in [1.54, 1.807) is 0 Å². The third kappa shape index (κ3) is 2.31. The summed E-state index contributed by atoms with van der Waals surface area (Å²) in [4.78, 5) is 11.3. The Hall–Kier alpha value is -1.03. The summed E-state index contributed by atoms with van der Waals surface area (Å²) in [6.45, 7) is 0. The van der Waals surface area contributed by atoms with Gasteiger partial charge in [-0.3, -0.25) is 0 Å². The van der Waals surface area contributed by atoms with E-state index in [4.69, 9.17) is 4.74 Å². The molecule has 0 N–H and O–H groups in total. The van der Waals surface area contributed by atoms with E-state index in [-0.39, 0.29) is 5.97 Å². The van der Waals surface area contributed by atoms with Crippen molar-refractivity contribution in [1.29, 1.82) is 0 Å². The van der Waals surface area contributed by atoms with Crippen LogP contribution in [0.4, 0.5) is 0 Å². The van der Waals surface area contributed by atoms with Crippen LogP contribution in [0.15, 0.2) is 46.1 Å². The minimum atomic E-state index is -0.721. The number of methoxy groups -OCH3 is 1. The van der Waals surface area contributed by atoms with Crippen LogP contribution in [0, 0.1) is 0 Å². The maximum absolute atomic E-state index is 11.3. The Morgan fingerprint density at radius 2 is 2.00 bits per heavy atom. The van der Waals surface area contributed by atoms with Gasteiger partial charge in [-0.05, 0) is 0 Å². The van der Waals surface area contributed by atoms with Gasteiger partial charge in [-0.15, -0.1) is 0 Å². The van der Waals surface area contributed by atoms with Crippen LogP contribution in [-0.4, -0.2) is 34.2 Å². The predicted molar refractivity (Wildman–Crippen MR) is 60.3 cm³/mol. The van der Waals surface area contributed by atoms with Crippen molar-refractivity contribution in [3.63, 3.8) is 0 Å². The zero-order chi connectivity index (χ0) is 10.7. The molecule has 1 aliphatic rings. The molecule has 1 aromatic carbocycles. The van der Waals surface area contributed by atoms with Gasteiger partial charge in [0.05, 0.1) is 0 Å². The molecule has 0 unspecified atom stereocenters. The number of carbonyl (C=O) groups excluding carboxylic acids is 1. The first-order chi connectivity index (χ1) is 7.31. The molecule has 15 heavy (non-hydrogen) atoms. The molecule has 2 nitrogen and oxygen atoms in total. The molecule has 0 bridgehead atoms. The van der Waals surface area contributed by atoms with E-state index in [1.807, 2.05) is 24.3 Å². The Kier molecular flexibility index (Phi) is 3.26. The molecule has 0 fully saturated rings. The molecule has 0 atom stereocenters. The standard InChI is InChI=1S/C12H10O2.Sn/c1-10(12(13)14-2)8-9-11-6-4-3-5-7-11;/h1,3-8H,2H3;. The van der Waals surface area contributed by atoms with E-state index in [0.29, 0.717) is 0 Å². The summed E-state index contributed by atoms with van der Waals surface area (Å²) < 4.78 is 8.09. The molecule has 74 valence electrons.